The van der Waals surface area contributed by atoms with E-state index < -0.39 is 0 Å². The van der Waals surface area contributed by atoms with E-state index in [1.807, 2.05) is 37.4 Å². The van der Waals surface area contributed by atoms with Gasteiger partial charge in [-0.15, -0.1) is 0 Å². The monoisotopic (exact) mass is 286 g/mol. The van der Waals surface area contributed by atoms with E-state index in [2.05, 4.69) is 24.3 Å². The van der Waals surface area contributed by atoms with Gasteiger partial charge in [-0.3, -0.25) is 9.48 Å². The summed E-state index contributed by atoms with van der Waals surface area (Å²) in [5, 5.41) is 7.20. The van der Waals surface area contributed by atoms with Gasteiger partial charge in [0.1, 0.15) is 6.54 Å². The van der Waals surface area contributed by atoms with Gasteiger partial charge in [0.15, 0.2) is 0 Å². The van der Waals surface area contributed by atoms with Crippen molar-refractivity contribution in [1.29, 1.82) is 0 Å². The largest absolute Gasteiger partial charge is 0.399 e. The van der Waals surface area contributed by atoms with Crippen molar-refractivity contribution in [1.82, 2.24) is 15.1 Å². The number of nitrogen functional groups attached to an aromatic ring is 1. The number of amides is 1. The zero-order valence-corrected chi connectivity index (χ0v) is 12.7. The zero-order chi connectivity index (χ0) is 15.4. The number of nitrogens with two attached hydrogens (primary N) is 1. The second-order valence-corrected chi connectivity index (χ2v) is 5.65. The van der Waals surface area contributed by atoms with Crippen LogP contribution < -0.4 is 11.1 Å². The number of carbonyl (C=O) groups excluding carboxylic acids is 1. The van der Waals surface area contributed by atoms with E-state index in [4.69, 9.17) is 5.73 Å². The third-order valence-electron chi connectivity index (χ3n) is 3.57. The van der Waals surface area contributed by atoms with Crippen LogP contribution in [0.1, 0.15) is 20.8 Å². The van der Waals surface area contributed by atoms with Crippen molar-refractivity contribution in [3.05, 3.63) is 36.7 Å². The first-order chi connectivity index (χ1) is 9.95. The molecule has 1 aromatic heterocycles. The van der Waals surface area contributed by atoms with Crippen LogP contribution in [0.15, 0.2) is 36.7 Å². The summed E-state index contributed by atoms with van der Waals surface area (Å²) in [7, 11) is 0. The highest BCUT2D eigenvalue weighted by atomic mass is 16.2. The minimum atomic E-state index is -0.0249. The molecule has 0 fully saturated rings. The molecular formula is C16H22N4O. The fourth-order valence-electron chi connectivity index (χ4n) is 1.89. The van der Waals surface area contributed by atoms with Crippen molar-refractivity contribution in [3.63, 3.8) is 0 Å². The Balaban J connectivity index is 2.00. The van der Waals surface area contributed by atoms with E-state index in [1.54, 1.807) is 10.9 Å². The van der Waals surface area contributed by atoms with E-state index >= 15 is 0 Å². The van der Waals surface area contributed by atoms with Crippen molar-refractivity contribution in [2.24, 2.45) is 5.92 Å². The lowest BCUT2D eigenvalue weighted by atomic mass is 10.1. The molecule has 0 radical (unpaired) electrons. The minimum Gasteiger partial charge on any atom is -0.399 e. The van der Waals surface area contributed by atoms with Gasteiger partial charge < -0.3 is 11.1 Å². The van der Waals surface area contributed by atoms with Gasteiger partial charge in [-0.25, -0.2) is 0 Å². The predicted octanol–water partition coefficient (Wildman–Crippen LogP) is 2.29. The molecule has 0 saturated carbocycles. The Morgan fingerprint density at radius 2 is 1.90 bits per heavy atom. The topological polar surface area (TPSA) is 72.9 Å². The number of hydrogen-bond acceptors (Lipinski definition) is 3. The molecule has 0 spiro atoms. The number of nitrogens with one attached hydrogen (secondary N) is 1. The maximum Gasteiger partial charge on any atom is 0.241 e. The first-order valence-corrected chi connectivity index (χ1v) is 7.13. The summed E-state index contributed by atoms with van der Waals surface area (Å²) in [5.41, 5.74) is 8.41. The fourth-order valence-corrected chi connectivity index (χ4v) is 1.89. The molecule has 0 aliphatic carbocycles. The van der Waals surface area contributed by atoms with Crippen LogP contribution in [-0.2, 0) is 11.3 Å². The maximum atomic E-state index is 11.9. The van der Waals surface area contributed by atoms with Gasteiger partial charge in [0.05, 0.1) is 6.20 Å². The van der Waals surface area contributed by atoms with E-state index in [0.29, 0.717) is 5.92 Å². The minimum absolute atomic E-state index is 0.0249. The summed E-state index contributed by atoms with van der Waals surface area (Å²) in [5.74, 6) is 0.389. The van der Waals surface area contributed by atoms with E-state index in [1.165, 1.54) is 0 Å². The lowest BCUT2D eigenvalue weighted by Crippen LogP contribution is -2.38. The van der Waals surface area contributed by atoms with Crippen LogP contribution in [0.3, 0.4) is 0 Å². The number of rotatable bonds is 5. The van der Waals surface area contributed by atoms with Crippen molar-refractivity contribution in [2.45, 2.75) is 33.4 Å². The summed E-state index contributed by atoms with van der Waals surface area (Å²) in [4.78, 5) is 11.9. The van der Waals surface area contributed by atoms with Gasteiger partial charge in [0.25, 0.3) is 0 Å². The molecular weight excluding hydrogens is 264 g/mol. The molecule has 21 heavy (non-hydrogen) atoms. The van der Waals surface area contributed by atoms with E-state index in [9.17, 15) is 4.79 Å². The van der Waals surface area contributed by atoms with Gasteiger partial charge >= 0.3 is 0 Å². The molecule has 0 aliphatic rings. The Bertz CT molecular complexity index is 601. The SMILES string of the molecule is CC(C)C(C)NC(=O)Cn1cc(-c2ccc(N)cc2)cn1. The third kappa shape index (κ3) is 4.08. The molecule has 0 bridgehead atoms. The number of benzene rings is 1. The van der Waals surface area contributed by atoms with Gasteiger partial charge in [0, 0.05) is 23.5 Å². The average Bonchev–Trinajstić information content (AvgIpc) is 2.87. The molecule has 5 heteroatoms. The maximum absolute atomic E-state index is 11.9. The Labute approximate surface area is 125 Å². The Kier molecular flexibility index (Phi) is 4.62. The fraction of sp³-hybridized carbons (Fsp3) is 0.375. The van der Waals surface area contributed by atoms with Gasteiger partial charge in [-0.1, -0.05) is 26.0 Å². The highest BCUT2D eigenvalue weighted by Gasteiger charge is 2.11. The molecule has 112 valence electrons. The molecule has 2 rings (SSSR count). The van der Waals surface area contributed by atoms with Crippen molar-refractivity contribution < 1.29 is 4.79 Å². The molecule has 3 N–H and O–H groups in total. The normalized spacial score (nSPS) is 12.4. The number of hydrogen-bond donors (Lipinski definition) is 2. The van der Waals surface area contributed by atoms with Crippen LogP contribution in [0.4, 0.5) is 5.69 Å². The molecule has 1 unspecified atom stereocenters. The predicted molar refractivity (Wildman–Crippen MR) is 84.5 cm³/mol. The molecule has 0 aliphatic heterocycles. The summed E-state index contributed by atoms with van der Waals surface area (Å²) in [6, 6.07) is 7.74. The van der Waals surface area contributed by atoms with Crippen molar-refractivity contribution in [2.75, 3.05) is 5.73 Å². The highest BCUT2D eigenvalue weighted by molar-refractivity contribution is 5.76. The van der Waals surface area contributed by atoms with Crippen LogP contribution in [0.2, 0.25) is 0 Å². The molecule has 1 amide bonds. The zero-order valence-electron chi connectivity index (χ0n) is 12.7. The Hall–Kier alpha value is -2.30. The summed E-state index contributed by atoms with van der Waals surface area (Å²) >= 11 is 0. The second kappa shape index (κ2) is 6.43. The van der Waals surface area contributed by atoms with Gasteiger partial charge in [0.2, 0.25) is 5.91 Å². The highest BCUT2D eigenvalue weighted by Crippen LogP contribution is 2.19. The Morgan fingerprint density at radius 3 is 2.52 bits per heavy atom. The standard InChI is InChI=1S/C16H22N4O/c1-11(2)12(3)19-16(21)10-20-9-14(8-18-20)13-4-6-15(17)7-5-13/h4-9,11-12H,10,17H2,1-3H3,(H,19,21). The van der Waals surface area contributed by atoms with Crippen molar-refractivity contribution >= 4 is 11.6 Å². The summed E-state index contributed by atoms with van der Waals surface area (Å²) in [6.07, 6.45) is 3.62. The van der Waals surface area contributed by atoms with Crippen LogP contribution >= 0.6 is 0 Å². The molecule has 1 atom stereocenters. The number of nitrogens with zero attached hydrogens (tertiary/aromatic N) is 2. The molecule has 5 nitrogen and oxygen atoms in total. The number of anilines is 1. The van der Waals surface area contributed by atoms with Crippen molar-refractivity contribution in [3.8, 4) is 11.1 Å². The van der Waals surface area contributed by atoms with E-state index in [-0.39, 0.29) is 18.5 Å². The molecule has 1 aromatic carbocycles. The van der Waals surface area contributed by atoms with Gasteiger partial charge in [-0.05, 0) is 30.5 Å². The number of aromatic nitrogens is 2. The first-order valence-electron chi connectivity index (χ1n) is 7.13. The van der Waals surface area contributed by atoms with Crippen LogP contribution in [0, 0.1) is 5.92 Å². The second-order valence-electron chi connectivity index (χ2n) is 5.65. The Morgan fingerprint density at radius 1 is 1.24 bits per heavy atom. The van der Waals surface area contributed by atoms with Crippen LogP contribution in [0.5, 0.6) is 0 Å². The summed E-state index contributed by atoms with van der Waals surface area (Å²) in [6.45, 7) is 6.40. The van der Waals surface area contributed by atoms with Crippen LogP contribution in [0.25, 0.3) is 11.1 Å². The first kappa shape index (κ1) is 15.1. The van der Waals surface area contributed by atoms with Crippen LogP contribution in [-0.4, -0.2) is 21.7 Å². The smallest absolute Gasteiger partial charge is 0.241 e. The average molecular weight is 286 g/mol. The summed E-state index contributed by atoms with van der Waals surface area (Å²) < 4.78 is 1.65. The number of carbonyl (C=O) groups is 1. The third-order valence-corrected chi connectivity index (χ3v) is 3.57. The quantitative estimate of drug-likeness (QED) is 0.828. The lowest BCUT2D eigenvalue weighted by molar-refractivity contribution is -0.122. The molecule has 1 heterocycles. The molecule has 2 aromatic rings. The van der Waals surface area contributed by atoms with Gasteiger partial charge in [-0.2, -0.15) is 5.10 Å². The lowest BCUT2D eigenvalue weighted by Gasteiger charge is -2.17. The molecule has 0 saturated heterocycles. The van der Waals surface area contributed by atoms with E-state index in [0.717, 1.165) is 16.8 Å².